The molecule has 2 aliphatic rings. The van der Waals surface area contributed by atoms with Gasteiger partial charge >= 0.3 is 0 Å². The summed E-state index contributed by atoms with van der Waals surface area (Å²) in [6, 6.07) is 7.09. The lowest BCUT2D eigenvalue weighted by molar-refractivity contribution is 0.0652. The van der Waals surface area contributed by atoms with E-state index >= 15 is 0 Å². The van der Waals surface area contributed by atoms with E-state index in [1.807, 2.05) is 35.7 Å². The Labute approximate surface area is 127 Å². The lowest BCUT2D eigenvalue weighted by Gasteiger charge is -2.21. The van der Waals surface area contributed by atoms with Crippen molar-refractivity contribution in [2.75, 3.05) is 18.1 Å². The average molecular weight is 307 g/mol. The number of thioether (sulfide) groups is 2. The number of carbonyl (C=O) groups is 2. The van der Waals surface area contributed by atoms with Crippen molar-refractivity contribution in [1.82, 2.24) is 4.90 Å². The number of imide groups is 1. The third-order valence-corrected chi connectivity index (χ3v) is 6.68. The van der Waals surface area contributed by atoms with E-state index in [-0.39, 0.29) is 11.8 Å². The number of rotatable bonds is 4. The molecule has 20 heavy (non-hydrogen) atoms. The molecule has 0 bridgehead atoms. The van der Waals surface area contributed by atoms with Crippen LogP contribution in [0.2, 0.25) is 0 Å². The van der Waals surface area contributed by atoms with Crippen LogP contribution in [0.25, 0.3) is 0 Å². The maximum atomic E-state index is 12.2. The fraction of sp³-hybridized carbons (Fsp3) is 0.467. The van der Waals surface area contributed by atoms with Crippen molar-refractivity contribution in [2.24, 2.45) is 0 Å². The third-order valence-electron chi connectivity index (χ3n) is 3.60. The van der Waals surface area contributed by atoms with Gasteiger partial charge in [0.1, 0.15) is 0 Å². The highest BCUT2D eigenvalue weighted by atomic mass is 32.2. The van der Waals surface area contributed by atoms with Crippen molar-refractivity contribution in [3.63, 3.8) is 0 Å². The second-order valence-electron chi connectivity index (χ2n) is 4.97. The lowest BCUT2D eigenvalue weighted by atomic mass is 10.1. The van der Waals surface area contributed by atoms with Crippen LogP contribution in [0.3, 0.4) is 0 Å². The monoisotopic (exact) mass is 307 g/mol. The van der Waals surface area contributed by atoms with Crippen LogP contribution in [0.1, 0.15) is 40.0 Å². The zero-order chi connectivity index (χ0) is 13.9. The number of fused-ring (bicyclic) bond motifs is 1. The molecule has 0 aromatic heterocycles. The fourth-order valence-electron chi connectivity index (χ4n) is 2.56. The quantitative estimate of drug-likeness (QED) is 0.800. The van der Waals surface area contributed by atoms with Crippen LogP contribution in [0.5, 0.6) is 0 Å². The summed E-state index contributed by atoms with van der Waals surface area (Å²) >= 11 is 4.02. The molecule has 0 aliphatic carbocycles. The summed E-state index contributed by atoms with van der Waals surface area (Å²) in [5.74, 6) is 2.22. The van der Waals surface area contributed by atoms with Gasteiger partial charge < -0.3 is 0 Å². The van der Waals surface area contributed by atoms with Gasteiger partial charge in [0.25, 0.3) is 11.8 Å². The Hall–Kier alpha value is -0.940. The Kier molecular flexibility index (Phi) is 4.36. The standard InChI is InChI=1S/C15H17NO2S2/c17-14-11-5-1-2-6-12(11)15(18)16(14)8-3-7-13-19-9-4-10-20-13/h1-2,5-6,13H,3-4,7-10H2. The SMILES string of the molecule is O=C1c2ccccc2C(=O)N1CCCC1SCCCS1. The molecule has 1 saturated heterocycles. The topological polar surface area (TPSA) is 37.4 Å². The van der Waals surface area contributed by atoms with Crippen LogP contribution in [0.15, 0.2) is 24.3 Å². The Morgan fingerprint density at radius 3 is 2.25 bits per heavy atom. The third kappa shape index (κ3) is 2.74. The van der Waals surface area contributed by atoms with Gasteiger partial charge in [-0.05, 0) is 42.9 Å². The zero-order valence-electron chi connectivity index (χ0n) is 11.2. The zero-order valence-corrected chi connectivity index (χ0v) is 12.8. The number of hydrogen-bond acceptors (Lipinski definition) is 4. The van der Waals surface area contributed by atoms with Crippen LogP contribution < -0.4 is 0 Å². The van der Waals surface area contributed by atoms with Crippen LogP contribution in [-0.2, 0) is 0 Å². The van der Waals surface area contributed by atoms with Crippen molar-refractivity contribution in [1.29, 1.82) is 0 Å². The van der Waals surface area contributed by atoms with E-state index in [1.165, 1.54) is 22.8 Å². The van der Waals surface area contributed by atoms with Crippen LogP contribution in [-0.4, -0.2) is 39.3 Å². The van der Waals surface area contributed by atoms with Crippen molar-refractivity contribution in [3.8, 4) is 0 Å². The maximum Gasteiger partial charge on any atom is 0.261 e. The summed E-state index contributed by atoms with van der Waals surface area (Å²) < 4.78 is 0.638. The number of carbonyl (C=O) groups excluding carboxylic acids is 2. The Morgan fingerprint density at radius 1 is 1.05 bits per heavy atom. The second kappa shape index (κ2) is 6.22. The molecule has 3 nitrogen and oxygen atoms in total. The summed E-state index contributed by atoms with van der Waals surface area (Å²) in [6.45, 7) is 0.546. The molecule has 106 valence electrons. The summed E-state index contributed by atoms with van der Waals surface area (Å²) in [7, 11) is 0. The molecule has 2 aliphatic heterocycles. The first kappa shape index (κ1) is 14.0. The van der Waals surface area contributed by atoms with Crippen molar-refractivity contribution >= 4 is 35.3 Å². The summed E-state index contributed by atoms with van der Waals surface area (Å²) in [5.41, 5.74) is 1.11. The minimum Gasteiger partial charge on any atom is -0.274 e. The highest BCUT2D eigenvalue weighted by molar-refractivity contribution is 8.17. The number of hydrogen-bond donors (Lipinski definition) is 0. The first-order chi connectivity index (χ1) is 9.77. The van der Waals surface area contributed by atoms with Gasteiger partial charge in [0.05, 0.1) is 15.7 Å². The van der Waals surface area contributed by atoms with Crippen LogP contribution in [0, 0.1) is 0 Å². The van der Waals surface area contributed by atoms with Gasteiger partial charge in [-0.15, -0.1) is 23.5 Å². The first-order valence-corrected chi connectivity index (χ1v) is 9.05. The fourth-order valence-corrected chi connectivity index (χ4v) is 5.52. The predicted octanol–water partition coefficient (Wildman–Crippen LogP) is 3.26. The largest absolute Gasteiger partial charge is 0.274 e. The Bertz CT molecular complexity index is 491. The molecule has 0 unspecified atom stereocenters. The summed E-state index contributed by atoms with van der Waals surface area (Å²) in [6.07, 6.45) is 3.27. The Balaban J connectivity index is 1.56. The van der Waals surface area contributed by atoms with E-state index < -0.39 is 0 Å². The highest BCUT2D eigenvalue weighted by Crippen LogP contribution is 2.34. The minimum atomic E-state index is -0.130. The van der Waals surface area contributed by atoms with E-state index in [0.29, 0.717) is 22.3 Å². The van der Waals surface area contributed by atoms with Gasteiger partial charge in [-0.3, -0.25) is 14.5 Å². The Morgan fingerprint density at radius 2 is 1.65 bits per heavy atom. The molecule has 2 heterocycles. The number of nitrogens with zero attached hydrogens (tertiary/aromatic N) is 1. The molecular weight excluding hydrogens is 290 g/mol. The van der Waals surface area contributed by atoms with Crippen LogP contribution in [0.4, 0.5) is 0 Å². The molecule has 0 spiro atoms. The summed E-state index contributed by atoms with van der Waals surface area (Å²) in [4.78, 5) is 25.8. The molecule has 1 aromatic carbocycles. The van der Waals surface area contributed by atoms with E-state index in [2.05, 4.69) is 0 Å². The molecule has 0 atom stereocenters. The van der Waals surface area contributed by atoms with Crippen molar-refractivity contribution in [2.45, 2.75) is 23.8 Å². The van der Waals surface area contributed by atoms with Gasteiger partial charge in [0.15, 0.2) is 0 Å². The van der Waals surface area contributed by atoms with Gasteiger partial charge in [-0.2, -0.15) is 0 Å². The van der Waals surface area contributed by atoms with Crippen LogP contribution >= 0.6 is 23.5 Å². The molecule has 3 rings (SSSR count). The van der Waals surface area contributed by atoms with E-state index in [1.54, 1.807) is 12.1 Å². The molecule has 0 N–H and O–H groups in total. The van der Waals surface area contributed by atoms with Gasteiger partial charge in [-0.1, -0.05) is 12.1 Å². The van der Waals surface area contributed by atoms with Gasteiger partial charge in [0, 0.05) is 6.54 Å². The first-order valence-electron chi connectivity index (χ1n) is 6.96. The number of amides is 2. The maximum absolute atomic E-state index is 12.2. The predicted molar refractivity (Wildman–Crippen MR) is 84.4 cm³/mol. The van der Waals surface area contributed by atoms with Gasteiger partial charge in [-0.25, -0.2) is 0 Å². The van der Waals surface area contributed by atoms with Crippen molar-refractivity contribution < 1.29 is 9.59 Å². The highest BCUT2D eigenvalue weighted by Gasteiger charge is 2.34. The average Bonchev–Trinajstić information content (AvgIpc) is 2.74. The molecule has 0 saturated carbocycles. The minimum absolute atomic E-state index is 0.130. The van der Waals surface area contributed by atoms with E-state index in [0.717, 1.165) is 12.8 Å². The molecular formula is C15H17NO2S2. The summed E-state index contributed by atoms with van der Waals surface area (Å²) in [5, 5.41) is 0. The molecule has 1 fully saturated rings. The molecule has 0 radical (unpaired) electrons. The normalized spacial score (nSPS) is 19.5. The lowest BCUT2D eigenvalue weighted by Crippen LogP contribution is -2.31. The second-order valence-corrected chi connectivity index (χ2v) is 7.89. The number of benzene rings is 1. The molecule has 1 aromatic rings. The van der Waals surface area contributed by atoms with Crippen molar-refractivity contribution in [3.05, 3.63) is 35.4 Å². The van der Waals surface area contributed by atoms with E-state index in [4.69, 9.17) is 0 Å². The smallest absolute Gasteiger partial charge is 0.261 e. The van der Waals surface area contributed by atoms with E-state index in [9.17, 15) is 9.59 Å². The van der Waals surface area contributed by atoms with Gasteiger partial charge in [0.2, 0.25) is 0 Å². The molecule has 2 amide bonds. The molecule has 5 heteroatoms.